The highest BCUT2D eigenvalue weighted by Crippen LogP contribution is 2.02. The molecule has 1 aromatic rings. The van der Waals surface area contributed by atoms with Gasteiger partial charge >= 0.3 is 0 Å². The van der Waals surface area contributed by atoms with Gasteiger partial charge in [0.2, 0.25) is 5.91 Å². The molecule has 0 aromatic carbocycles. The monoisotopic (exact) mass is 250 g/mol. The van der Waals surface area contributed by atoms with Gasteiger partial charge in [-0.05, 0) is 13.3 Å². The lowest BCUT2D eigenvalue weighted by molar-refractivity contribution is -0.122. The molecule has 0 aliphatic heterocycles. The zero-order valence-electron chi connectivity index (χ0n) is 11.1. The van der Waals surface area contributed by atoms with Crippen molar-refractivity contribution in [1.82, 2.24) is 15.3 Å². The van der Waals surface area contributed by atoms with Crippen LogP contribution in [0.2, 0.25) is 0 Å². The summed E-state index contributed by atoms with van der Waals surface area (Å²) in [4.78, 5) is 20.0. The van der Waals surface area contributed by atoms with E-state index in [1.165, 1.54) is 0 Å². The first kappa shape index (κ1) is 14.6. The van der Waals surface area contributed by atoms with Gasteiger partial charge in [0.25, 0.3) is 0 Å². The normalized spacial score (nSPS) is 12.2. The fraction of sp³-hybridized carbons (Fsp3) is 0.615. The Morgan fingerprint density at radius 1 is 1.39 bits per heavy atom. The molecule has 0 radical (unpaired) electrons. The number of hydrogen-bond donors (Lipinski definition) is 2. The first-order valence-corrected chi connectivity index (χ1v) is 6.44. The molecule has 5 nitrogen and oxygen atoms in total. The van der Waals surface area contributed by atoms with Crippen LogP contribution in [0.4, 0.5) is 0 Å². The molecule has 0 fully saturated rings. The minimum atomic E-state index is -0.421. The van der Waals surface area contributed by atoms with Crippen molar-refractivity contribution >= 4 is 5.91 Å². The van der Waals surface area contributed by atoms with Crippen LogP contribution in [-0.2, 0) is 11.3 Å². The van der Waals surface area contributed by atoms with Gasteiger partial charge in [0.05, 0.1) is 30.2 Å². The average molecular weight is 250 g/mol. The van der Waals surface area contributed by atoms with Gasteiger partial charge in [0, 0.05) is 6.20 Å². The van der Waals surface area contributed by atoms with E-state index in [-0.39, 0.29) is 5.91 Å². The predicted octanol–water partition coefficient (Wildman–Crippen LogP) is 1.31. The van der Waals surface area contributed by atoms with Crippen LogP contribution in [0, 0.1) is 6.92 Å². The van der Waals surface area contributed by atoms with Gasteiger partial charge in [0.1, 0.15) is 0 Å². The summed E-state index contributed by atoms with van der Waals surface area (Å²) in [6.45, 7) is 4.38. The summed E-state index contributed by atoms with van der Waals surface area (Å²) in [5.74, 6) is -0.117. The number of carbonyl (C=O) groups excluding carboxylic acids is 1. The highest BCUT2D eigenvalue weighted by atomic mass is 16.2. The molecule has 1 unspecified atom stereocenters. The molecule has 3 N–H and O–H groups in total. The topological polar surface area (TPSA) is 80.9 Å². The minimum Gasteiger partial charge on any atom is -0.349 e. The molecule has 0 saturated carbocycles. The van der Waals surface area contributed by atoms with E-state index in [1.807, 2.05) is 6.92 Å². The zero-order valence-corrected chi connectivity index (χ0v) is 11.1. The lowest BCUT2D eigenvalue weighted by Gasteiger charge is -2.11. The van der Waals surface area contributed by atoms with Gasteiger partial charge < -0.3 is 11.1 Å². The maximum atomic E-state index is 11.7. The van der Waals surface area contributed by atoms with Crippen LogP contribution in [0.15, 0.2) is 12.4 Å². The van der Waals surface area contributed by atoms with Crippen LogP contribution in [0.1, 0.15) is 44.0 Å². The zero-order chi connectivity index (χ0) is 13.4. The third kappa shape index (κ3) is 5.23. The molecule has 1 rings (SSSR count). The summed E-state index contributed by atoms with van der Waals surface area (Å²) in [6.07, 6.45) is 7.33. The van der Waals surface area contributed by atoms with Gasteiger partial charge in [0.15, 0.2) is 0 Å². The third-order valence-corrected chi connectivity index (χ3v) is 2.73. The molecule has 1 amide bonds. The molecular weight excluding hydrogens is 228 g/mol. The van der Waals surface area contributed by atoms with Crippen molar-refractivity contribution in [3.05, 3.63) is 23.8 Å². The number of nitrogens with one attached hydrogen (secondary N) is 1. The van der Waals surface area contributed by atoms with E-state index >= 15 is 0 Å². The second kappa shape index (κ2) is 7.76. The number of amides is 1. The van der Waals surface area contributed by atoms with Gasteiger partial charge in [-0.3, -0.25) is 14.8 Å². The molecule has 5 heteroatoms. The number of aryl methyl sites for hydroxylation is 1. The molecule has 0 spiro atoms. The Balaban J connectivity index is 2.29. The highest BCUT2D eigenvalue weighted by molar-refractivity contribution is 5.81. The van der Waals surface area contributed by atoms with Crippen molar-refractivity contribution in [3.63, 3.8) is 0 Å². The van der Waals surface area contributed by atoms with E-state index in [4.69, 9.17) is 5.73 Å². The number of unbranched alkanes of at least 4 members (excludes halogenated alkanes) is 2. The van der Waals surface area contributed by atoms with Crippen molar-refractivity contribution in [3.8, 4) is 0 Å². The van der Waals surface area contributed by atoms with Crippen LogP contribution in [-0.4, -0.2) is 21.9 Å². The molecule has 18 heavy (non-hydrogen) atoms. The Morgan fingerprint density at radius 2 is 2.17 bits per heavy atom. The van der Waals surface area contributed by atoms with E-state index in [9.17, 15) is 4.79 Å². The lowest BCUT2D eigenvalue weighted by atomic mass is 10.1. The second-order valence-corrected chi connectivity index (χ2v) is 4.47. The van der Waals surface area contributed by atoms with Crippen LogP contribution in [0.5, 0.6) is 0 Å². The molecule has 0 aliphatic rings. The van der Waals surface area contributed by atoms with Gasteiger partial charge in [-0.2, -0.15) is 0 Å². The minimum absolute atomic E-state index is 0.117. The molecule has 0 saturated heterocycles. The number of nitrogens with two attached hydrogens (primary N) is 1. The average Bonchev–Trinajstić information content (AvgIpc) is 2.38. The third-order valence-electron chi connectivity index (χ3n) is 2.73. The Bertz CT molecular complexity index is 364. The summed E-state index contributed by atoms with van der Waals surface area (Å²) >= 11 is 0. The van der Waals surface area contributed by atoms with E-state index in [0.717, 1.165) is 37.1 Å². The second-order valence-electron chi connectivity index (χ2n) is 4.47. The lowest BCUT2D eigenvalue weighted by Crippen LogP contribution is -2.40. The summed E-state index contributed by atoms with van der Waals surface area (Å²) in [7, 11) is 0. The molecule has 0 bridgehead atoms. The first-order valence-electron chi connectivity index (χ1n) is 6.44. The number of nitrogens with zero attached hydrogens (tertiary/aromatic N) is 2. The Kier molecular flexibility index (Phi) is 6.28. The summed E-state index contributed by atoms with van der Waals surface area (Å²) in [5, 5.41) is 2.78. The maximum absolute atomic E-state index is 11.7. The smallest absolute Gasteiger partial charge is 0.237 e. The van der Waals surface area contributed by atoms with E-state index in [1.54, 1.807) is 12.4 Å². The number of aromatic nitrogens is 2. The molecule has 1 heterocycles. The quantitative estimate of drug-likeness (QED) is 0.715. The van der Waals surface area contributed by atoms with Crippen molar-refractivity contribution in [1.29, 1.82) is 0 Å². The van der Waals surface area contributed by atoms with Crippen molar-refractivity contribution < 1.29 is 4.79 Å². The summed E-state index contributed by atoms with van der Waals surface area (Å²) in [5.41, 5.74) is 7.41. The van der Waals surface area contributed by atoms with Gasteiger partial charge in [-0.1, -0.05) is 26.2 Å². The summed E-state index contributed by atoms with van der Waals surface area (Å²) < 4.78 is 0. The number of carbonyl (C=O) groups is 1. The highest BCUT2D eigenvalue weighted by Gasteiger charge is 2.12. The van der Waals surface area contributed by atoms with Gasteiger partial charge in [-0.15, -0.1) is 0 Å². The van der Waals surface area contributed by atoms with Gasteiger partial charge in [-0.25, -0.2) is 0 Å². The van der Waals surface area contributed by atoms with Crippen molar-refractivity contribution in [2.45, 2.75) is 52.1 Å². The largest absolute Gasteiger partial charge is 0.349 e. The van der Waals surface area contributed by atoms with Crippen molar-refractivity contribution in [2.24, 2.45) is 5.73 Å². The molecule has 100 valence electrons. The molecule has 1 aromatic heterocycles. The van der Waals surface area contributed by atoms with E-state index < -0.39 is 6.04 Å². The number of hydrogen-bond acceptors (Lipinski definition) is 4. The standard InChI is InChI=1S/C13H22N4O/c1-3-4-5-6-12(14)13(18)17-9-11-8-15-10(2)7-16-11/h7-8,12H,3-6,9,14H2,1-2H3,(H,17,18). The Morgan fingerprint density at radius 3 is 2.78 bits per heavy atom. The fourth-order valence-corrected chi connectivity index (χ4v) is 1.56. The van der Waals surface area contributed by atoms with E-state index in [0.29, 0.717) is 6.54 Å². The SMILES string of the molecule is CCCCCC(N)C(=O)NCc1cnc(C)cn1. The van der Waals surface area contributed by atoms with Crippen LogP contribution in [0.25, 0.3) is 0 Å². The first-order chi connectivity index (χ1) is 8.63. The fourth-order valence-electron chi connectivity index (χ4n) is 1.56. The maximum Gasteiger partial charge on any atom is 0.237 e. The van der Waals surface area contributed by atoms with Crippen LogP contribution in [0.3, 0.4) is 0 Å². The van der Waals surface area contributed by atoms with E-state index in [2.05, 4.69) is 22.2 Å². The Hall–Kier alpha value is -1.49. The van der Waals surface area contributed by atoms with Crippen molar-refractivity contribution in [2.75, 3.05) is 0 Å². The summed E-state index contributed by atoms with van der Waals surface area (Å²) in [6, 6.07) is -0.421. The van der Waals surface area contributed by atoms with Crippen LogP contribution >= 0.6 is 0 Å². The number of rotatable bonds is 7. The predicted molar refractivity (Wildman–Crippen MR) is 70.7 cm³/mol. The molecular formula is C13H22N4O. The molecule has 0 aliphatic carbocycles. The van der Waals surface area contributed by atoms with Crippen LogP contribution < -0.4 is 11.1 Å². The molecule has 1 atom stereocenters. The Labute approximate surface area is 108 Å².